The van der Waals surface area contributed by atoms with Gasteiger partial charge in [-0.15, -0.1) is 0 Å². The van der Waals surface area contributed by atoms with Crippen molar-refractivity contribution in [2.24, 2.45) is 0 Å². The number of rotatable bonds is 3. The molecule has 0 aliphatic rings. The fourth-order valence-electron chi connectivity index (χ4n) is 1.24. The maximum Gasteiger partial charge on any atom is 0.232 e. The van der Waals surface area contributed by atoms with Crippen LogP contribution in [-0.4, -0.2) is 4.98 Å². The molecule has 0 bridgehead atoms. The predicted molar refractivity (Wildman–Crippen MR) is 75.4 cm³/mol. The number of nitrogens with zero attached hydrogens (tertiary/aromatic N) is 1. The van der Waals surface area contributed by atoms with Crippen molar-refractivity contribution in [3.8, 4) is 5.88 Å². The van der Waals surface area contributed by atoms with Crippen molar-refractivity contribution >= 4 is 43.5 Å². The van der Waals surface area contributed by atoms with Gasteiger partial charge in [-0.3, -0.25) is 0 Å². The third-order valence-electron chi connectivity index (χ3n) is 2.06. The predicted octanol–water partition coefficient (Wildman–Crippen LogP) is 4.84. The van der Waals surface area contributed by atoms with Crippen molar-refractivity contribution in [1.82, 2.24) is 4.98 Å². The molecular weight excluding hydrogens is 369 g/mol. The van der Waals surface area contributed by atoms with Crippen LogP contribution in [0, 0.1) is 0 Å². The summed E-state index contributed by atoms with van der Waals surface area (Å²) in [7, 11) is 0. The molecule has 1 heterocycles. The fourth-order valence-corrected chi connectivity index (χ4v) is 2.19. The molecule has 0 radical (unpaired) electrons. The van der Waals surface area contributed by atoms with Gasteiger partial charge in [0.05, 0.1) is 0 Å². The maximum absolute atomic E-state index is 6.00. The van der Waals surface area contributed by atoms with Crippen LogP contribution < -0.4 is 4.74 Å². The van der Waals surface area contributed by atoms with Crippen LogP contribution in [0.1, 0.15) is 5.56 Å². The molecule has 5 heteroatoms. The molecule has 0 saturated heterocycles. The molecule has 0 amide bonds. The van der Waals surface area contributed by atoms with E-state index in [0.29, 0.717) is 17.5 Å². The molecule has 17 heavy (non-hydrogen) atoms. The lowest BCUT2D eigenvalue weighted by atomic mass is 10.2. The highest BCUT2D eigenvalue weighted by Crippen LogP contribution is 2.25. The standard InChI is InChI=1S/C12H8Br2ClNO/c13-9-3-1-8(2-4-9)7-17-12-11(15)5-10(14)6-16-12/h1-6H,7H2. The van der Waals surface area contributed by atoms with Crippen LogP contribution in [-0.2, 0) is 6.61 Å². The summed E-state index contributed by atoms with van der Waals surface area (Å²) < 4.78 is 7.41. The molecular formula is C12H8Br2ClNO. The summed E-state index contributed by atoms with van der Waals surface area (Å²) in [6, 6.07) is 9.66. The number of hydrogen-bond donors (Lipinski definition) is 0. The van der Waals surface area contributed by atoms with E-state index in [0.717, 1.165) is 14.5 Å². The molecule has 0 saturated carbocycles. The van der Waals surface area contributed by atoms with Crippen molar-refractivity contribution in [2.75, 3.05) is 0 Å². The molecule has 2 nitrogen and oxygen atoms in total. The minimum absolute atomic E-state index is 0.442. The Bertz CT molecular complexity index is 516. The Morgan fingerprint density at radius 1 is 1.12 bits per heavy atom. The monoisotopic (exact) mass is 375 g/mol. The van der Waals surface area contributed by atoms with Gasteiger partial charge >= 0.3 is 0 Å². The Morgan fingerprint density at radius 3 is 2.47 bits per heavy atom. The lowest BCUT2D eigenvalue weighted by Gasteiger charge is -2.07. The summed E-state index contributed by atoms with van der Waals surface area (Å²) in [6.07, 6.45) is 1.66. The minimum atomic E-state index is 0.442. The first-order chi connectivity index (χ1) is 8.15. The van der Waals surface area contributed by atoms with Gasteiger partial charge < -0.3 is 4.74 Å². The first-order valence-electron chi connectivity index (χ1n) is 4.83. The van der Waals surface area contributed by atoms with Gasteiger partial charge in [0.15, 0.2) is 0 Å². The summed E-state index contributed by atoms with van der Waals surface area (Å²) in [5.74, 6) is 0.442. The van der Waals surface area contributed by atoms with Gasteiger partial charge in [-0.1, -0.05) is 39.7 Å². The van der Waals surface area contributed by atoms with Gasteiger partial charge in [-0.2, -0.15) is 0 Å². The average molecular weight is 377 g/mol. The lowest BCUT2D eigenvalue weighted by Crippen LogP contribution is -1.97. The molecule has 0 spiro atoms. The summed E-state index contributed by atoms with van der Waals surface area (Å²) >= 11 is 12.7. The van der Waals surface area contributed by atoms with Crippen molar-refractivity contribution in [3.63, 3.8) is 0 Å². The number of hydrogen-bond acceptors (Lipinski definition) is 2. The van der Waals surface area contributed by atoms with E-state index in [1.165, 1.54) is 0 Å². The zero-order valence-electron chi connectivity index (χ0n) is 8.66. The first-order valence-corrected chi connectivity index (χ1v) is 6.80. The average Bonchev–Trinajstić information content (AvgIpc) is 2.30. The van der Waals surface area contributed by atoms with E-state index in [4.69, 9.17) is 16.3 Å². The molecule has 2 aromatic rings. The molecule has 0 N–H and O–H groups in total. The van der Waals surface area contributed by atoms with Crippen LogP contribution >= 0.6 is 43.5 Å². The van der Waals surface area contributed by atoms with Crippen molar-refractivity contribution in [3.05, 3.63) is 56.1 Å². The van der Waals surface area contributed by atoms with E-state index in [9.17, 15) is 0 Å². The molecule has 88 valence electrons. The first kappa shape index (κ1) is 12.9. The molecule has 0 aliphatic heterocycles. The zero-order valence-corrected chi connectivity index (χ0v) is 12.6. The Morgan fingerprint density at radius 2 is 1.82 bits per heavy atom. The van der Waals surface area contributed by atoms with E-state index in [1.54, 1.807) is 12.3 Å². The van der Waals surface area contributed by atoms with Crippen molar-refractivity contribution in [2.45, 2.75) is 6.61 Å². The van der Waals surface area contributed by atoms with Crippen molar-refractivity contribution < 1.29 is 4.74 Å². The second-order valence-corrected chi connectivity index (χ2v) is 5.59. The molecule has 0 aliphatic carbocycles. The maximum atomic E-state index is 6.00. The Labute approximate surface area is 121 Å². The largest absolute Gasteiger partial charge is 0.472 e. The normalized spacial score (nSPS) is 10.3. The topological polar surface area (TPSA) is 22.1 Å². The zero-order chi connectivity index (χ0) is 12.3. The van der Waals surface area contributed by atoms with Gasteiger partial charge in [-0.05, 0) is 39.7 Å². The number of ether oxygens (including phenoxy) is 1. The summed E-state index contributed by atoms with van der Waals surface area (Å²) in [4.78, 5) is 4.10. The SMILES string of the molecule is Clc1cc(Br)cnc1OCc1ccc(Br)cc1. The van der Waals surface area contributed by atoms with E-state index in [1.807, 2.05) is 24.3 Å². The van der Waals surface area contributed by atoms with E-state index in [2.05, 4.69) is 36.8 Å². The van der Waals surface area contributed by atoms with Gasteiger partial charge in [0.2, 0.25) is 5.88 Å². The third kappa shape index (κ3) is 3.69. The summed E-state index contributed by atoms with van der Waals surface area (Å²) in [5.41, 5.74) is 1.06. The second-order valence-electron chi connectivity index (χ2n) is 3.36. The molecule has 1 aromatic carbocycles. The Hall–Kier alpha value is -0.580. The number of halogens is 3. The number of benzene rings is 1. The van der Waals surface area contributed by atoms with Crippen LogP contribution in [0.3, 0.4) is 0 Å². The smallest absolute Gasteiger partial charge is 0.232 e. The molecule has 0 atom stereocenters. The quantitative estimate of drug-likeness (QED) is 0.764. The molecule has 0 fully saturated rings. The highest BCUT2D eigenvalue weighted by atomic mass is 79.9. The highest BCUT2D eigenvalue weighted by molar-refractivity contribution is 9.10. The van der Waals surface area contributed by atoms with E-state index >= 15 is 0 Å². The highest BCUT2D eigenvalue weighted by Gasteiger charge is 2.04. The van der Waals surface area contributed by atoms with E-state index in [-0.39, 0.29) is 0 Å². The summed E-state index contributed by atoms with van der Waals surface area (Å²) in [5, 5.41) is 0.497. The fraction of sp³-hybridized carbons (Fsp3) is 0.0833. The lowest BCUT2D eigenvalue weighted by molar-refractivity contribution is 0.294. The molecule has 2 rings (SSSR count). The van der Waals surface area contributed by atoms with Gasteiger partial charge in [0.1, 0.15) is 11.6 Å². The van der Waals surface area contributed by atoms with E-state index < -0.39 is 0 Å². The van der Waals surface area contributed by atoms with Gasteiger partial charge in [-0.25, -0.2) is 4.98 Å². The van der Waals surface area contributed by atoms with Gasteiger partial charge in [0, 0.05) is 15.1 Å². The molecule has 0 unspecified atom stereocenters. The van der Waals surface area contributed by atoms with Crippen LogP contribution in [0.5, 0.6) is 5.88 Å². The number of pyridine rings is 1. The second kappa shape index (κ2) is 5.85. The minimum Gasteiger partial charge on any atom is -0.472 e. The molecule has 1 aromatic heterocycles. The Kier molecular flexibility index (Phi) is 4.42. The third-order valence-corrected chi connectivity index (χ3v) is 3.30. The van der Waals surface area contributed by atoms with Crippen LogP contribution in [0.15, 0.2) is 45.5 Å². The van der Waals surface area contributed by atoms with Crippen molar-refractivity contribution in [1.29, 1.82) is 0 Å². The number of aromatic nitrogens is 1. The van der Waals surface area contributed by atoms with Crippen LogP contribution in [0.2, 0.25) is 5.02 Å². The Balaban J connectivity index is 2.04. The van der Waals surface area contributed by atoms with Gasteiger partial charge in [0.25, 0.3) is 0 Å². The van der Waals surface area contributed by atoms with Crippen LogP contribution in [0.25, 0.3) is 0 Å². The van der Waals surface area contributed by atoms with Crippen LogP contribution in [0.4, 0.5) is 0 Å². The summed E-state index contributed by atoms with van der Waals surface area (Å²) in [6.45, 7) is 0.446.